The van der Waals surface area contributed by atoms with Crippen molar-refractivity contribution in [2.45, 2.75) is 56.5 Å². The summed E-state index contributed by atoms with van der Waals surface area (Å²) >= 11 is 0. The summed E-state index contributed by atoms with van der Waals surface area (Å²) in [5, 5.41) is 2.82. The van der Waals surface area contributed by atoms with Crippen molar-refractivity contribution in [1.29, 1.82) is 0 Å². The van der Waals surface area contributed by atoms with E-state index >= 15 is 0 Å². The van der Waals surface area contributed by atoms with Gasteiger partial charge in [0.15, 0.2) is 0 Å². The number of nitrogens with zero attached hydrogens (tertiary/aromatic N) is 2. The highest BCUT2D eigenvalue weighted by Crippen LogP contribution is 2.39. The molecule has 1 aliphatic heterocycles. The lowest BCUT2D eigenvalue weighted by Crippen LogP contribution is -2.49. The quantitative estimate of drug-likeness (QED) is 0.779. The number of hydrogen-bond acceptors (Lipinski definition) is 3. The molecule has 1 saturated heterocycles. The molecule has 0 aromatic heterocycles. The van der Waals surface area contributed by atoms with Crippen LogP contribution >= 0.6 is 0 Å². The van der Waals surface area contributed by atoms with Crippen molar-refractivity contribution in [1.82, 2.24) is 15.1 Å². The average molecular weight is 279 g/mol. The minimum absolute atomic E-state index is 0.139. The summed E-state index contributed by atoms with van der Waals surface area (Å²) in [6, 6.07) is -0.0838. The molecular formula is C14H21N3O3. The molecule has 0 unspecified atom stereocenters. The Morgan fingerprint density at radius 1 is 1.25 bits per heavy atom. The molecule has 20 heavy (non-hydrogen) atoms. The molecule has 2 aliphatic carbocycles. The third-order valence-electron chi connectivity index (χ3n) is 4.73. The van der Waals surface area contributed by atoms with Crippen LogP contribution in [0.1, 0.15) is 44.9 Å². The predicted octanol–water partition coefficient (Wildman–Crippen LogP) is 0.862. The second-order valence-corrected chi connectivity index (χ2v) is 6.17. The van der Waals surface area contributed by atoms with Gasteiger partial charge in [0.05, 0.1) is 0 Å². The van der Waals surface area contributed by atoms with Crippen molar-refractivity contribution >= 4 is 17.8 Å². The SMILES string of the molecule is CN1C(=O)N(CC(=O)NC2CC2)C(=O)C12CCCCC2. The van der Waals surface area contributed by atoms with Crippen molar-refractivity contribution in [3.05, 3.63) is 0 Å². The third kappa shape index (κ3) is 2.07. The zero-order valence-electron chi connectivity index (χ0n) is 11.9. The zero-order valence-corrected chi connectivity index (χ0v) is 11.9. The standard InChI is InChI=1S/C14H21N3O3/c1-16-13(20)17(9-11(18)15-10-5-6-10)12(19)14(16)7-3-2-4-8-14/h10H,2-9H2,1H3,(H,15,18). The van der Waals surface area contributed by atoms with Crippen LogP contribution in [0.4, 0.5) is 4.79 Å². The van der Waals surface area contributed by atoms with Crippen LogP contribution in [0, 0.1) is 0 Å². The van der Waals surface area contributed by atoms with Crippen LogP contribution in [0.15, 0.2) is 0 Å². The molecule has 6 heteroatoms. The predicted molar refractivity (Wildman–Crippen MR) is 71.9 cm³/mol. The van der Waals surface area contributed by atoms with Crippen LogP contribution in [0.5, 0.6) is 0 Å². The molecular weight excluding hydrogens is 258 g/mol. The maximum absolute atomic E-state index is 12.6. The number of carbonyl (C=O) groups is 3. The van der Waals surface area contributed by atoms with Gasteiger partial charge >= 0.3 is 6.03 Å². The zero-order chi connectivity index (χ0) is 14.3. The first-order valence-corrected chi connectivity index (χ1v) is 7.44. The number of urea groups is 1. The van der Waals surface area contributed by atoms with E-state index in [1.54, 1.807) is 11.9 Å². The number of hydrogen-bond donors (Lipinski definition) is 1. The molecule has 110 valence electrons. The maximum Gasteiger partial charge on any atom is 0.327 e. The summed E-state index contributed by atoms with van der Waals surface area (Å²) in [4.78, 5) is 39.4. The molecule has 3 rings (SSSR count). The maximum atomic E-state index is 12.6. The summed E-state index contributed by atoms with van der Waals surface area (Å²) in [5.74, 6) is -0.411. The molecule has 1 spiro atoms. The topological polar surface area (TPSA) is 69.7 Å². The number of rotatable bonds is 3. The number of imide groups is 1. The minimum atomic E-state index is -0.685. The van der Waals surface area contributed by atoms with E-state index in [0.29, 0.717) is 0 Å². The number of amides is 4. The Balaban J connectivity index is 1.73. The van der Waals surface area contributed by atoms with E-state index in [1.165, 1.54) is 0 Å². The number of carbonyl (C=O) groups excluding carboxylic acids is 3. The van der Waals surface area contributed by atoms with Crippen molar-refractivity contribution < 1.29 is 14.4 Å². The molecule has 0 aromatic carbocycles. The lowest BCUT2D eigenvalue weighted by atomic mass is 9.81. The highest BCUT2D eigenvalue weighted by Gasteiger charge is 2.55. The Bertz CT molecular complexity index is 453. The third-order valence-corrected chi connectivity index (χ3v) is 4.73. The van der Waals surface area contributed by atoms with Crippen LogP contribution in [0.3, 0.4) is 0 Å². The van der Waals surface area contributed by atoms with Gasteiger partial charge in [-0.25, -0.2) is 4.79 Å². The molecule has 2 saturated carbocycles. The van der Waals surface area contributed by atoms with Crippen LogP contribution in [0.25, 0.3) is 0 Å². The Kier molecular flexibility index (Phi) is 3.18. The summed E-state index contributed by atoms with van der Waals surface area (Å²) in [5.41, 5.74) is -0.685. The van der Waals surface area contributed by atoms with Gasteiger partial charge in [-0.05, 0) is 25.7 Å². The van der Waals surface area contributed by atoms with Gasteiger partial charge in [-0.1, -0.05) is 19.3 Å². The first-order chi connectivity index (χ1) is 9.54. The van der Waals surface area contributed by atoms with Crippen molar-refractivity contribution in [2.75, 3.05) is 13.6 Å². The van der Waals surface area contributed by atoms with E-state index in [0.717, 1.165) is 49.8 Å². The molecule has 3 aliphatic rings. The Labute approximate surface area is 118 Å². The fourth-order valence-electron chi connectivity index (χ4n) is 3.32. The summed E-state index contributed by atoms with van der Waals surface area (Å²) in [6.45, 7) is -0.139. The molecule has 6 nitrogen and oxygen atoms in total. The second kappa shape index (κ2) is 4.75. The average Bonchev–Trinajstić information content (AvgIpc) is 3.24. The fourth-order valence-corrected chi connectivity index (χ4v) is 3.32. The lowest BCUT2D eigenvalue weighted by molar-refractivity contribution is -0.137. The van der Waals surface area contributed by atoms with Crippen LogP contribution in [0.2, 0.25) is 0 Å². The highest BCUT2D eigenvalue weighted by atomic mass is 16.2. The first-order valence-electron chi connectivity index (χ1n) is 7.44. The normalized spacial score (nSPS) is 25.4. The molecule has 0 bridgehead atoms. The lowest BCUT2D eigenvalue weighted by Gasteiger charge is -2.35. The van der Waals surface area contributed by atoms with E-state index in [9.17, 15) is 14.4 Å². The smallest absolute Gasteiger partial charge is 0.327 e. The Morgan fingerprint density at radius 2 is 1.90 bits per heavy atom. The minimum Gasteiger partial charge on any atom is -0.352 e. The second-order valence-electron chi connectivity index (χ2n) is 6.17. The Morgan fingerprint density at radius 3 is 2.50 bits per heavy atom. The van der Waals surface area contributed by atoms with Gasteiger partial charge in [-0.2, -0.15) is 0 Å². The van der Waals surface area contributed by atoms with Crippen LogP contribution in [-0.4, -0.2) is 52.8 Å². The van der Waals surface area contributed by atoms with E-state index < -0.39 is 5.54 Å². The van der Waals surface area contributed by atoms with E-state index in [1.807, 2.05) is 0 Å². The molecule has 3 fully saturated rings. The number of nitrogens with one attached hydrogen (secondary N) is 1. The van der Waals surface area contributed by atoms with Crippen LogP contribution in [-0.2, 0) is 9.59 Å². The summed E-state index contributed by atoms with van der Waals surface area (Å²) < 4.78 is 0. The van der Waals surface area contributed by atoms with Crippen molar-refractivity contribution in [3.63, 3.8) is 0 Å². The van der Waals surface area contributed by atoms with Crippen LogP contribution < -0.4 is 5.32 Å². The summed E-state index contributed by atoms with van der Waals surface area (Å²) in [6.07, 6.45) is 6.47. The molecule has 1 heterocycles. The Hall–Kier alpha value is -1.59. The highest BCUT2D eigenvalue weighted by molar-refractivity contribution is 6.08. The largest absolute Gasteiger partial charge is 0.352 e. The number of likely N-dealkylation sites (N-methyl/N-ethyl adjacent to an activating group) is 1. The molecule has 0 aromatic rings. The van der Waals surface area contributed by atoms with Gasteiger partial charge in [-0.15, -0.1) is 0 Å². The van der Waals surface area contributed by atoms with Gasteiger partial charge in [0.25, 0.3) is 5.91 Å². The van der Waals surface area contributed by atoms with E-state index in [-0.39, 0.29) is 30.4 Å². The van der Waals surface area contributed by atoms with Crippen molar-refractivity contribution in [3.8, 4) is 0 Å². The van der Waals surface area contributed by atoms with Gasteiger partial charge in [0, 0.05) is 13.1 Å². The summed E-state index contributed by atoms with van der Waals surface area (Å²) in [7, 11) is 1.68. The van der Waals surface area contributed by atoms with Gasteiger partial charge in [0.2, 0.25) is 5.91 Å². The van der Waals surface area contributed by atoms with Crippen molar-refractivity contribution in [2.24, 2.45) is 0 Å². The van der Waals surface area contributed by atoms with Gasteiger partial charge < -0.3 is 10.2 Å². The van der Waals surface area contributed by atoms with Gasteiger partial charge in [0.1, 0.15) is 12.1 Å². The fraction of sp³-hybridized carbons (Fsp3) is 0.786. The monoisotopic (exact) mass is 279 g/mol. The molecule has 1 N–H and O–H groups in total. The van der Waals surface area contributed by atoms with E-state index in [2.05, 4.69) is 5.32 Å². The molecule has 4 amide bonds. The first kappa shape index (κ1) is 13.4. The molecule has 0 radical (unpaired) electrons. The van der Waals surface area contributed by atoms with Gasteiger partial charge in [-0.3, -0.25) is 14.5 Å². The molecule has 0 atom stereocenters. The van der Waals surface area contributed by atoms with E-state index in [4.69, 9.17) is 0 Å².